The van der Waals surface area contributed by atoms with Gasteiger partial charge in [0.25, 0.3) is 5.91 Å². The summed E-state index contributed by atoms with van der Waals surface area (Å²) in [6.45, 7) is 25.7. The minimum Gasteiger partial charge on any atom is -0.458 e. The molecule has 3 saturated heterocycles. The third-order valence-electron chi connectivity index (χ3n) is 24.4. The Hall–Kier alpha value is -7.46. The molecule has 6 aliphatic carbocycles. The van der Waals surface area contributed by atoms with Gasteiger partial charge in [-0.15, -0.1) is 0 Å². The number of nitrogens with one attached hydrogen (secondary N) is 1. The van der Waals surface area contributed by atoms with E-state index < -0.39 is 195 Å². The number of carbonyl (C=O) groups excluding carboxylic acids is 8. The van der Waals surface area contributed by atoms with Gasteiger partial charge in [0.05, 0.1) is 48.5 Å². The van der Waals surface area contributed by atoms with Gasteiger partial charge in [-0.25, -0.2) is 9.59 Å². The summed E-state index contributed by atoms with van der Waals surface area (Å²) in [4.78, 5) is 105. The van der Waals surface area contributed by atoms with Crippen LogP contribution in [-0.4, -0.2) is 188 Å². The topological polar surface area (TPSA) is 351 Å². The van der Waals surface area contributed by atoms with Crippen LogP contribution in [0.3, 0.4) is 0 Å². The standard InChI is InChI=1S/C44H55NO12.C33H42O12/c1-23-29(54-39(50)34(48)33(27-16-12-10-13-17-27)45-38(49)28-18-14-11-15-19-28)21-44(51)24(2)36-42(9)30(20-31-43(36,22-52-31)55-26(4)47)56-41(7,8)57-37(42)35(53-25(3)46)32(23)40(44,5)6;1-16-21(42-17(2)34)14-33(40)28(44-29(39)20-11-9-8-10-12-20)26-31(7,22(37)13-23-32(26,15-41-23)45-19(4)36)27(38)25(43-18(3)35)24(16)30(33,5)6/h10-19,24,29-31,33-37,48,51H,20-22H2,1-9H3,(H,45,49);8-12,21-23,25-28,37-38,40H,13-15H2,1-7H3/t24-,29-,30-,31+,33-,34+,35+,36-,37-,42+,43-,44+;21-,22-,23+,25+,26-,27-,28-,31+,32-,33+/m00/s1. The Balaban J connectivity index is 0.000000211. The van der Waals surface area contributed by atoms with Crippen molar-refractivity contribution in [1.82, 2.24) is 5.32 Å². The van der Waals surface area contributed by atoms with E-state index in [0.717, 1.165) is 0 Å². The van der Waals surface area contributed by atoms with Crippen LogP contribution >= 0.6 is 0 Å². The number of benzene rings is 3. The highest BCUT2D eigenvalue weighted by Crippen LogP contribution is 2.70. The summed E-state index contributed by atoms with van der Waals surface area (Å²) in [5, 5.41) is 65.4. The normalized spacial score (nSPS) is 38.3. The summed E-state index contributed by atoms with van der Waals surface area (Å²) in [7, 11) is 0. The van der Waals surface area contributed by atoms with E-state index in [1.165, 1.54) is 46.8 Å². The van der Waals surface area contributed by atoms with E-state index in [4.69, 9.17) is 52.1 Å². The lowest BCUT2D eigenvalue weighted by Gasteiger charge is -2.72. The van der Waals surface area contributed by atoms with Crippen LogP contribution in [0, 0.1) is 39.4 Å². The number of carbonyl (C=O) groups is 8. The lowest BCUT2D eigenvalue weighted by molar-refractivity contribution is -0.427. The number of fused-ring (bicyclic) bond motifs is 9. The van der Waals surface area contributed by atoms with Gasteiger partial charge in [-0.2, -0.15) is 0 Å². The zero-order valence-corrected chi connectivity index (χ0v) is 60.6. The fourth-order valence-electron chi connectivity index (χ4n) is 19.6. The summed E-state index contributed by atoms with van der Waals surface area (Å²) in [5.41, 5.74) is -9.18. The Kier molecular flexibility index (Phi) is 20.0. The fraction of sp³-hybridized carbons (Fsp3) is 0.610. The molecule has 0 unspecified atom stereocenters. The van der Waals surface area contributed by atoms with Gasteiger partial charge in [-0.1, -0.05) is 115 Å². The lowest BCUT2D eigenvalue weighted by atomic mass is 9.42. The van der Waals surface area contributed by atoms with Crippen LogP contribution in [0.1, 0.15) is 169 Å². The Morgan fingerprint density at radius 2 is 1.01 bits per heavy atom. The lowest BCUT2D eigenvalue weighted by Crippen LogP contribution is -2.82. The van der Waals surface area contributed by atoms with Gasteiger partial charge < -0.3 is 83.0 Å². The maximum absolute atomic E-state index is 14.3. The van der Waals surface area contributed by atoms with Crippen LogP contribution in [0.15, 0.2) is 113 Å². The molecule has 3 aromatic carbocycles. The third kappa shape index (κ3) is 12.2. The van der Waals surface area contributed by atoms with Crippen LogP contribution < -0.4 is 5.32 Å². The average molecular weight is 1420 g/mol. The molecule has 102 heavy (non-hydrogen) atoms. The number of aliphatic hydroxyl groups is 5. The van der Waals surface area contributed by atoms with Gasteiger partial charge in [0.2, 0.25) is 0 Å². The number of rotatable bonds is 13. The Labute approximate surface area is 593 Å². The van der Waals surface area contributed by atoms with Gasteiger partial charge in [-0.05, 0) is 85.7 Å². The smallest absolute Gasteiger partial charge is 0.338 e. The first-order valence-corrected chi connectivity index (χ1v) is 34.9. The van der Waals surface area contributed by atoms with Crippen molar-refractivity contribution in [3.63, 3.8) is 0 Å². The maximum atomic E-state index is 14.3. The van der Waals surface area contributed by atoms with E-state index in [-0.39, 0.29) is 43.6 Å². The molecule has 25 heteroatoms. The second kappa shape index (κ2) is 26.9. The highest BCUT2D eigenvalue weighted by molar-refractivity contribution is 5.95. The molecule has 25 nitrogen and oxygen atoms in total. The molecule has 0 aromatic heterocycles. The van der Waals surface area contributed by atoms with Gasteiger partial charge in [0.15, 0.2) is 35.3 Å². The molecule has 0 spiro atoms. The van der Waals surface area contributed by atoms with Crippen molar-refractivity contribution >= 4 is 47.7 Å². The Morgan fingerprint density at radius 3 is 1.53 bits per heavy atom. The highest BCUT2D eigenvalue weighted by atomic mass is 16.7. The molecule has 9 aliphatic rings. The second-order valence-electron chi connectivity index (χ2n) is 31.3. The minimum absolute atomic E-state index is 0.0700. The summed E-state index contributed by atoms with van der Waals surface area (Å²) in [6, 6.07) is 24.0. The van der Waals surface area contributed by atoms with Crippen LogP contribution in [0.25, 0.3) is 0 Å². The van der Waals surface area contributed by atoms with Crippen molar-refractivity contribution in [2.75, 3.05) is 13.2 Å². The van der Waals surface area contributed by atoms with E-state index in [2.05, 4.69) is 5.32 Å². The zero-order valence-electron chi connectivity index (χ0n) is 60.6. The van der Waals surface area contributed by atoms with Crippen LogP contribution in [-0.2, 0) is 80.9 Å². The number of amides is 1. The molecular formula is C77H97NO24. The first-order valence-electron chi connectivity index (χ1n) is 34.9. The zero-order chi connectivity index (χ0) is 74.7. The van der Waals surface area contributed by atoms with E-state index in [0.29, 0.717) is 34.3 Å². The van der Waals surface area contributed by atoms with E-state index in [1.807, 2.05) is 27.7 Å². The number of aliphatic hydroxyl groups excluding tert-OH is 3. The van der Waals surface area contributed by atoms with Gasteiger partial charge >= 0.3 is 41.8 Å². The number of ether oxygens (including phenoxy) is 11. The molecule has 12 rings (SSSR count). The van der Waals surface area contributed by atoms with Crippen molar-refractivity contribution in [1.29, 1.82) is 0 Å². The van der Waals surface area contributed by atoms with Crippen molar-refractivity contribution in [3.8, 4) is 0 Å². The maximum Gasteiger partial charge on any atom is 0.338 e. The summed E-state index contributed by atoms with van der Waals surface area (Å²) >= 11 is 0. The molecule has 7 fully saturated rings. The molecule has 22 atom stereocenters. The van der Waals surface area contributed by atoms with E-state index in [1.54, 1.807) is 127 Å². The van der Waals surface area contributed by atoms with Crippen molar-refractivity contribution in [2.45, 2.75) is 244 Å². The van der Waals surface area contributed by atoms with Gasteiger partial charge in [-0.3, -0.25) is 28.8 Å². The number of esters is 7. The quantitative estimate of drug-likeness (QED) is 0.0585. The predicted octanol–water partition coefficient (Wildman–Crippen LogP) is 6.75. The Bertz CT molecular complexity index is 3850. The van der Waals surface area contributed by atoms with Gasteiger partial charge in [0, 0.05) is 93.4 Å². The SMILES string of the molecule is CC(=O)O[C@@H]1C2=C(C)[C@@H](OC(=O)[C@H](O)[C@@H](NC(=O)c3ccccc3)c3ccccc3)C[C@@](O)([C@@H](C)[C@@H]3[C@]4(OC(C)=O)CO[C@@H]4C[C@@H]4OC(C)(C)O[C@@H]1[C@]43C)C2(C)C.CC(=O)O[C@H]1C[C@@]2(O)[C@@H](OC(=O)c3ccccc3)[C@@H]3[C@]4(OC(C)=O)CO[C@@H]4C[C@H](O)[C@@]3(C)[C@@H](O)[C@H](OC(C)=O)C(=C1C)C2(C)C. The molecule has 4 bridgehead atoms. The predicted molar refractivity (Wildman–Crippen MR) is 359 cm³/mol. The van der Waals surface area contributed by atoms with Crippen molar-refractivity contribution in [2.24, 2.45) is 39.4 Å². The minimum atomic E-state index is -2.11. The molecule has 3 heterocycles. The van der Waals surface area contributed by atoms with Crippen LogP contribution in [0.4, 0.5) is 0 Å². The van der Waals surface area contributed by atoms with Crippen molar-refractivity contribution < 1.29 is 116 Å². The summed E-state index contributed by atoms with van der Waals surface area (Å²) in [6.07, 6.45) is -14.2. The first kappa shape index (κ1) is 75.7. The van der Waals surface area contributed by atoms with E-state index >= 15 is 0 Å². The summed E-state index contributed by atoms with van der Waals surface area (Å²) < 4.78 is 68.1. The van der Waals surface area contributed by atoms with Crippen LogP contribution in [0.2, 0.25) is 0 Å². The van der Waals surface area contributed by atoms with Crippen molar-refractivity contribution in [3.05, 3.63) is 130 Å². The molecule has 4 saturated carbocycles. The fourth-order valence-corrected chi connectivity index (χ4v) is 19.6. The largest absolute Gasteiger partial charge is 0.458 e. The number of hydrogen-bond donors (Lipinski definition) is 6. The van der Waals surface area contributed by atoms with E-state index in [9.17, 15) is 63.9 Å². The monoisotopic (exact) mass is 1420 g/mol. The molecule has 1 amide bonds. The third-order valence-corrected chi connectivity index (χ3v) is 24.4. The van der Waals surface area contributed by atoms with Crippen LogP contribution in [0.5, 0.6) is 0 Å². The molecular weight excluding hydrogens is 1320 g/mol. The highest BCUT2D eigenvalue weighted by Gasteiger charge is 2.80. The molecule has 554 valence electrons. The summed E-state index contributed by atoms with van der Waals surface area (Å²) in [5.74, 6) is -9.37. The Morgan fingerprint density at radius 1 is 0.539 bits per heavy atom. The van der Waals surface area contributed by atoms with Gasteiger partial charge in [0.1, 0.15) is 48.3 Å². The average Bonchev–Trinajstić information content (AvgIpc) is 0.669. The molecule has 6 N–H and O–H groups in total. The number of hydrogen-bond acceptors (Lipinski definition) is 24. The molecule has 3 aromatic rings. The molecule has 0 radical (unpaired) electrons. The molecule has 3 aliphatic heterocycles. The first-order chi connectivity index (χ1) is 47.6. The second-order valence-corrected chi connectivity index (χ2v) is 31.3.